The van der Waals surface area contributed by atoms with Gasteiger partial charge in [0.1, 0.15) is 0 Å². The van der Waals surface area contributed by atoms with E-state index in [1.807, 2.05) is 20.8 Å². The summed E-state index contributed by atoms with van der Waals surface area (Å²) < 4.78 is 0. The summed E-state index contributed by atoms with van der Waals surface area (Å²) in [5.74, 6) is -0.127. The number of amides is 3. The Hall–Kier alpha value is -2.08. The Morgan fingerprint density at radius 2 is 1.52 bits per heavy atom. The van der Waals surface area contributed by atoms with E-state index in [0.29, 0.717) is 11.3 Å². The average molecular weight is 375 g/mol. The highest BCUT2D eigenvalue weighted by Gasteiger charge is 2.38. The summed E-state index contributed by atoms with van der Waals surface area (Å²) in [6.45, 7) is 14.4. The Kier molecular flexibility index (Phi) is 5.90. The number of hydrogen-bond donors (Lipinski definition) is 4. The van der Waals surface area contributed by atoms with Gasteiger partial charge in [-0.2, -0.15) is 0 Å². The molecule has 1 saturated heterocycles. The lowest BCUT2D eigenvalue weighted by atomic mass is 9.80. The van der Waals surface area contributed by atoms with Crippen molar-refractivity contribution in [1.29, 1.82) is 0 Å². The van der Waals surface area contributed by atoms with Gasteiger partial charge in [0.2, 0.25) is 0 Å². The molecule has 0 unspecified atom stereocenters. The largest absolute Gasteiger partial charge is 0.347 e. The molecule has 1 aliphatic heterocycles. The zero-order chi connectivity index (χ0) is 20.5. The third-order valence-corrected chi connectivity index (χ3v) is 4.42. The zero-order valence-electron chi connectivity index (χ0n) is 17.6. The topological polar surface area (TPSA) is 82.3 Å². The van der Waals surface area contributed by atoms with Crippen LogP contribution in [0.25, 0.3) is 0 Å². The summed E-state index contributed by atoms with van der Waals surface area (Å²) in [6, 6.07) is 6.80. The van der Waals surface area contributed by atoms with E-state index in [4.69, 9.17) is 0 Å². The molecule has 1 aromatic rings. The molecule has 4 N–H and O–H groups in total. The van der Waals surface area contributed by atoms with Gasteiger partial charge in [0.25, 0.3) is 5.91 Å². The molecule has 0 radical (unpaired) electrons. The monoisotopic (exact) mass is 374 g/mol. The van der Waals surface area contributed by atoms with Crippen LogP contribution in [-0.2, 0) is 0 Å². The first-order chi connectivity index (χ1) is 12.2. The highest BCUT2D eigenvalue weighted by atomic mass is 16.2. The van der Waals surface area contributed by atoms with Gasteiger partial charge in [-0.15, -0.1) is 0 Å². The summed E-state index contributed by atoms with van der Waals surface area (Å²) in [5.41, 5.74) is 0.887. The lowest BCUT2D eigenvalue weighted by molar-refractivity contribution is 0.0919. The van der Waals surface area contributed by atoms with Crippen molar-refractivity contribution >= 4 is 17.6 Å². The molecular formula is C21H34N4O2. The number of nitrogens with one attached hydrogen (secondary N) is 4. The van der Waals surface area contributed by atoms with Crippen molar-refractivity contribution in [2.75, 3.05) is 5.32 Å². The second-order valence-corrected chi connectivity index (χ2v) is 9.88. The number of carbonyl (C=O) groups is 2. The molecule has 6 nitrogen and oxygen atoms in total. The predicted molar refractivity (Wildman–Crippen MR) is 110 cm³/mol. The van der Waals surface area contributed by atoms with Crippen LogP contribution in [0.3, 0.4) is 0 Å². The Bertz CT molecular complexity index is 671. The van der Waals surface area contributed by atoms with Crippen LogP contribution in [0.4, 0.5) is 10.5 Å². The predicted octanol–water partition coefficient (Wildman–Crippen LogP) is 3.65. The molecule has 2 rings (SSSR count). The number of urea groups is 1. The molecular weight excluding hydrogens is 340 g/mol. The third-order valence-electron chi connectivity index (χ3n) is 4.42. The molecule has 1 heterocycles. The normalized spacial score (nSPS) is 19.2. The Balaban J connectivity index is 1.93. The van der Waals surface area contributed by atoms with E-state index in [2.05, 4.69) is 49.0 Å². The van der Waals surface area contributed by atoms with E-state index < -0.39 is 0 Å². The fourth-order valence-electron chi connectivity index (χ4n) is 3.89. The van der Waals surface area contributed by atoms with Gasteiger partial charge in [0, 0.05) is 33.9 Å². The molecule has 0 aliphatic carbocycles. The van der Waals surface area contributed by atoms with Crippen molar-refractivity contribution in [1.82, 2.24) is 16.0 Å². The first kappa shape index (κ1) is 21.2. The maximum Gasteiger partial charge on any atom is 0.319 e. The maximum atomic E-state index is 12.4. The molecule has 0 atom stereocenters. The van der Waals surface area contributed by atoms with Gasteiger partial charge in [-0.3, -0.25) is 4.79 Å². The van der Waals surface area contributed by atoms with E-state index in [1.54, 1.807) is 24.3 Å². The van der Waals surface area contributed by atoms with Crippen LogP contribution in [0.1, 0.15) is 71.7 Å². The smallest absolute Gasteiger partial charge is 0.319 e. The van der Waals surface area contributed by atoms with Crippen LogP contribution in [0, 0.1) is 0 Å². The van der Waals surface area contributed by atoms with Gasteiger partial charge < -0.3 is 21.3 Å². The van der Waals surface area contributed by atoms with Gasteiger partial charge in [-0.25, -0.2) is 4.79 Å². The molecule has 0 bridgehead atoms. The van der Waals surface area contributed by atoms with E-state index in [9.17, 15) is 9.59 Å². The zero-order valence-corrected chi connectivity index (χ0v) is 17.6. The molecule has 1 aliphatic rings. The Morgan fingerprint density at radius 1 is 1.00 bits per heavy atom. The van der Waals surface area contributed by atoms with Crippen molar-refractivity contribution in [3.8, 4) is 0 Å². The van der Waals surface area contributed by atoms with Crippen LogP contribution >= 0.6 is 0 Å². The summed E-state index contributed by atoms with van der Waals surface area (Å²) >= 11 is 0. The second kappa shape index (κ2) is 7.50. The highest BCUT2D eigenvalue weighted by molar-refractivity contribution is 5.96. The van der Waals surface area contributed by atoms with Crippen LogP contribution in [0.15, 0.2) is 24.3 Å². The first-order valence-electron chi connectivity index (χ1n) is 9.54. The molecule has 1 fully saturated rings. The minimum absolute atomic E-state index is 0.0260. The van der Waals surface area contributed by atoms with Crippen molar-refractivity contribution in [2.24, 2.45) is 0 Å². The average Bonchev–Trinajstić information content (AvgIpc) is 2.42. The minimum Gasteiger partial charge on any atom is -0.347 e. The second-order valence-electron chi connectivity index (χ2n) is 9.88. The van der Waals surface area contributed by atoms with Crippen molar-refractivity contribution in [2.45, 2.75) is 84.0 Å². The number of piperidine rings is 1. The number of anilines is 1. The van der Waals surface area contributed by atoms with Crippen LogP contribution in [0.5, 0.6) is 0 Å². The van der Waals surface area contributed by atoms with Gasteiger partial charge >= 0.3 is 6.03 Å². The summed E-state index contributed by atoms with van der Waals surface area (Å²) in [7, 11) is 0. The summed E-state index contributed by atoms with van der Waals surface area (Å²) in [4.78, 5) is 24.5. The van der Waals surface area contributed by atoms with Crippen molar-refractivity contribution in [3.63, 3.8) is 0 Å². The van der Waals surface area contributed by atoms with Crippen molar-refractivity contribution in [3.05, 3.63) is 29.8 Å². The minimum atomic E-state index is -0.287. The standard InChI is InChI=1S/C21H34N4O2/c1-19(2,3)24-17(26)14-8-10-15(11-9-14)22-18(27)23-16-12-20(4,5)25-21(6,7)13-16/h8-11,16,25H,12-13H2,1-7H3,(H,24,26)(H2,22,23,27). The maximum absolute atomic E-state index is 12.4. The molecule has 3 amide bonds. The molecule has 150 valence electrons. The molecule has 0 aromatic heterocycles. The van der Waals surface area contributed by atoms with Crippen LogP contribution in [0.2, 0.25) is 0 Å². The van der Waals surface area contributed by atoms with Gasteiger partial charge in [0.05, 0.1) is 0 Å². The summed E-state index contributed by atoms with van der Waals surface area (Å²) in [5, 5.41) is 12.5. The summed E-state index contributed by atoms with van der Waals surface area (Å²) in [6.07, 6.45) is 1.74. The SMILES string of the molecule is CC(C)(C)NC(=O)c1ccc(NC(=O)NC2CC(C)(C)NC(C)(C)C2)cc1. The first-order valence-corrected chi connectivity index (χ1v) is 9.54. The van der Waals surface area contributed by atoms with Gasteiger partial charge in [0.15, 0.2) is 0 Å². The number of hydrogen-bond acceptors (Lipinski definition) is 3. The quantitative estimate of drug-likeness (QED) is 0.652. The molecule has 6 heteroatoms. The molecule has 0 saturated carbocycles. The number of rotatable bonds is 3. The molecule has 27 heavy (non-hydrogen) atoms. The van der Waals surface area contributed by atoms with Crippen LogP contribution in [-0.4, -0.2) is 34.6 Å². The van der Waals surface area contributed by atoms with Gasteiger partial charge in [-0.05, 0) is 85.6 Å². The fourth-order valence-corrected chi connectivity index (χ4v) is 3.89. The van der Waals surface area contributed by atoms with E-state index in [-0.39, 0.29) is 34.6 Å². The highest BCUT2D eigenvalue weighted by Crippen LogP contribution is 2.28. The Morgan fingerprint density at radius 3 is 2.00 bits per heavy atom. The van der Waals surface area contributed by atoms with E-state index in [0.717, 1.165) is 12.8 Å². The number of carbonyl (C=O) groups excluding carboxylic acids is 2. The number of benzene rings is 1. The molecule has 1 aromatic carbocycles. The van der Waals surface area contributed by atoms with Gasteiger partial charge in [-0.1, -0.05) is 0 Å². The molecule has 0 spiro atoms. The van der Waals surface area contributed by atoms with E-state index >= 15 is 0 Å². The van der Waals surface area contributed by atoms with Crippen LogP contribution < -0.4 is 21.3 Å². The Labute approximate surface area is 162 Å². The van der Waals surface area contributed by atoms with Crippen molar-refractivity contribution < 1.29 is 9.59 Å². The van der Waals surface area contributed by atoms with E-state index in [1.165, 1.54) is 0 Å². The third kappa shape index (κ3) is 6.86. The fraction of sp³-hybridized carbons (Fsp3) is 0.619. The lowest BCUT2D eigenvalue weighted by Gasteiger charge is -2.46. The lowest BCUT2D eigenvalue weighted by Crippen LogP contribution is -2.62.